The number of nitrogens with one attached hydrogen (secondary N) is 1. The van der Waals surface area contributed by atoms with Crippen molar-refractivity contribution >= 4 is 11.7 Å². The molecule has 2 rings (SSSR count). The highest BCUT2D eigenvalue weighted by Crippen LogP contribution is 2.12. The first-order valence-corrected chi connectivity index (χ1v) is 4.74. The number of rotatable bonds is 3. The minimum absolute atomic E-state index is 0.0294. The van der Waals surface area contributed by atoms with E-state index in [4.69, 9.17) is 4.42 Å². The molecule has 0 spiro atoms. The molecule has 0 radical (unpaired) electrons. The molecule has 1 unspecified atom stereocenters. The van der Waals surface area contributed by atoms with E-state index >= 15 is 0 Å². The van der Waals surface area contributed by atoms with E-state index in [1.807, 2.05) is 6.92 Å². The Kier molecular flexibility index (Phi) is 2.35. The zero-order valence-electron chi connectivity index (χ0n) is 7.99. The van der Waals surface area contributed by atoms with Crippen LogP contribution in [-0.2, 0) is 4.79 Å². The van der Waals surface area contributed by atoms with Crippen molar-refractivity contribution in [1.29, 1.82) is 0 Å². The van der Waals surface area contributed by atoms with Crippen molar-refractivity contribution in [2.45, 2.75) is 25.8 Å². The molecule has 4 nitrogen and oxygen atoms in total. The third-order valence-corrected chi connectivity index (χ3v) is 2.15. The second-order valence-corrected chi connectivity index (χ2v) is 3.25. The SMILES string of the molecule is CCCC1N=C(c2ccco2)NC1=O. The summed E-state index contributed by atoms with van der Waals surface area (Å²) in [5.74, 6) is 1.15. The Morgan fingerprint density at radius 2 is 2.50 bits per heavy atom. The Labute approximate surface area is 82.0 Å². The molecular formula is C10H12N2O2. The van der Waals surface area contributed by atoms with Gasteiger partial charge in [0.2, 0.25) is 5.91 Å². The van der Waals surface area contributed by atoms with Crippen LogP contribution in [-0.4, -0.2) is 17.8 Å². The molecule has 1 amide bonds. The summed E-state index contributed by atoms with van der Waals surface area (Å²) in [7, 11) is 0. The molecule has 1 atom stereocenters. The smallest absolute Gasteiger partial charge is 0.250 e. The maximum atomic E-state index is 11.4. The van der Waals surface area contributed by atoms with Crippen LogP contribution in [0, 0.1) is 0 Å². The predicted octanol–water partition coefficient (Wildman–Crippen LogP) is 1.32. The summed E-state index contributed by atoms with van der Waals surface area (Å²) in [5.41, 5.74) is 0. The van der Waals surface area contributed by atoms with Gasteiger partial charge in [0, 0.05) is 0 Å². The van der Waals surface area contributed by atoms with E-state index in [9.17, 15) is 4.79 Å². The minimum atomic E-state index is -0.236. The summed E-state index contributed by atoms with van der Waals surface area (Å²) in [5, 5.41) is 2.71. The van der Waals surface area contributed by atoms with E-state index in [2.05, 4.69) is 10.3 Å². The first-order chi connectivity index (χ1) is 6.81. The fraction of sp³-hybridized carbons (Fsp3) is 0.400. The van der Waals surface area contributed by atoms with Crippen LogP contribution < -0.4 is 5.32 Å². The first kappa shape index (κ1) is 8.99. The van der Waals surface area contributed by atoms with Crippen molar-refractivity contribution in [3.05, 3.63) is 24.2 Å². The first-order valence-electron chi connectivity index (χ1n) is 4.74. The summed E-state index contributed by atoms with van der Waals surface area (Å²) in [6.45, 7) is 2.04. The molecule has 1 aromatic rings. The van der Waals surface area contributed by atoms with Crippen LogP contribution in [0.1, 0.15) is 25.5 Å². The van der Waals surface area contributed by atoms with Gasteiger partial charge in [0.1, 0.15) is 6.04 Å². The lowest BCUT2D eigenvalue weighted by Gasteiger charge is -1.99. The van der Waals surface area contributed by atoms with Gasteiger partial charge in [0.15, 0.2) is 11.6 Å². The van der Waals surface area contributed by atoms with Gasteiger partial charge in [-0.05, 0) is 18.6 Å². The van der Waals surface area contributed by atoms with E-state index in [0.717, 1.165) is 12.8 Å². The zero-order valence-corrected chi connectivity index (χ0v) is 7.99. The van der Waals surface area contributed by atoms with E-state index in [0.29, 0.717) is 11.6 Å². The molecule has 0 aliphatic carbocycles. The zero-order chi connectivity index (χ0) is 9.97. The van der Waals surface area contributed by atoms with Crippen LogP contribution >= 0.6 is 0 Å². The quantitative estimate of drug-likeness (QED) is 0.785. The Hall–Kier alpha value is -1.58. The normalized spacial score (nSPS) is 20.8. The van der Waals surface area contributed by atoms with Gasteiger partial charge in [0.25, 0.3) is 0 Å². The molecule has 1 aliphatic heterocycles. The van der Waals surface area contributed by atoms with Crippen molar-refractivity contribution in [1.82, 2.24) is 5.32 Å². The average molecular weight is 192 g/mol. The third-order valence-electron chi connectivity index (χ3n) is 2.15. The van der Waals surface area contributed by atoms with E-state index in [1.54, 1.807) is 18.4 Å². The molecule has 14 heavy (non-hydrogen) atoms. The molecule has 0 fully saturated rings. The number of nitrogens with zero attached hydrogens (tertiary/aromatic N) is 1. The van der Waals surface area contributed by atoms with Gasteiger partial charge in [-0.1, -0.05) is 13.3 Å². The molecule has 0 bridgehead atoms. The number of hydrogen-bond donors (Lipinski definition) is 1. The van der Waals surface area contributed by atoms with Crippen molar-refractivity contribution in [3.8, 4) is 0 Å². The Morgan fingerprint density at radius 1 is 1.64 bits per heavy atom. The largest absolute Gasteiger partial charge is 0.461 e. The maximum absolute atomic E-state index is 11.4. The Bertz CT molecular complexity index is 354. The van der Waals surface area contributed by atoms with Gasteiger partial charge < -0.3 is 9.73 Å². The van der Waals surface area contributed by atoms with Crippen molar-refractivity contribution in [2.75, 3.05) is 0 Å². The number of amidine groups is 1. The minimum Gasteiger partial charge on any atom is -0.461 e. The third kappa shape index (κ3) is 1.55. The summed E-state index contributed by atoms with van der Waals surface area (Å²) in [4.78, 5) is 15.7. The fourth-order valence-corrected chi connectivity index (χ4v) is 1.45. The predicted molar refractivity (Wildman–Crippen MR) is 52.1 cm³/mol. The molecule has 1 aromatic heterocycles. The molecule has 0 saturated heterocycles. The van der Waals surface area contributed by atoms with Gasteiger partial charge in [-0.15, -0.1) is 0 Å². The molecule has 1 aliphatic rings. The van der Waals surface area contributed by atoms with E-state index in [-0.39, 0.29) is 11.9 Å². The van der Waals surface area contributed by atoms with E-state index in [1.165, 1.54) is 0 Å². The number of aliphatic imine (C=N–C) groups is 1. The molecule has 2 heterocycles. The Morgan fingerprint density at radius 3 is 3.14 bits per heavy atom. The van der Waals surface area contributed by atoms with Crippen LogP contribution in [0.25, 0.3) is 0 Å². The lowest BCUT2D eigenvalue weighted by atomic mass is 10.2. The van der Waals surface area contributed by atoms with Gasteiger partial charge >= 0.3 is 0 Å². The monoisotopic (exact) mass is 192 g/mol. The lowest BCUT2D eigenvalue weighted by Crippen LogP contribution is -2.28. The summed E-state index contributed by atoms with van der Waals surface area (Å²) >= 11 is 0. The number of carbonyl (C=O) groups excluding carboxylic acids is 1. The van der Waals surface area contributed by atoms with Crippen LogP contribution in [0.3, 0.4) is 0 Å². The van der Waals surface area contributed by atoms with Crippen molar-refractivity contribution in [2.24, 2.45) is 4.99 Å². The summed E-state index contributed by atoms with van der Waals surface area (Å²) in [6.07, 6.45) is 3.31. The second kappa shape index (κ2) is 3.65. The van der Waals surface area contributed by atoms with Gasteiger partial charge in [0.05, 0.1) is 6.26 Å². The van der Waals surface area contributed by atoms with Gasteiger partial charge in [-0.2, -0.15) is 0 Å². The van der Waals surface area contributed by atoms with Gasteiger partial charge in [-0.3, -0.25) is 9.79 Å². The highest BCUT2D eigenvalue weighted by atomic mass is 16.3. The maximum Gasteiger partial charge on any atom is 0.250 e. The summed E-state index contributed by atoms with van der Waals surface area (Å²) in [6, 6.07) is 3.32. The number of carbonyl (C=O) groups is 1. The average Bonchev–Trinajstić information content (AvgIpc) is 2.76. The van der Waals surface area contributed by atoms with Crippen molar-refractivity contribution < 1.29 is 9.21 Å². The molecule has 4 heteroatoms. The number of hydrogen-bond acceptors (Lipinski definition) is 3. The Balaban J connectivity index is 2.16. The highest BCUT2D eigenvalue weighted by Gasteiger charge is 2.26. The number of amides is 1. The summed E-state index contributed by atoms with van der Waals surface area (Å²) < 4.78 is 5.15. The topological polar surface area (TPSA) is 54.6 Å². The van der Waals surface area contributed by atoms with Crippen LogP contribution in [0.4, 0.5) is 0 Å². The molecule has 1 N–H and O–H groups in total. The van der Waals surface area contributed by atoms with Gasteiger partial charge in [-0.25, -0.2) is 0 Å². The lowest BCUT2D eigenvalue weighted by molar-refractivity contribution is -0.120. The fourth-order valence-electron chi connectivity index (χ4n) is 1.45. The standard InChI is InChI=1S/C10H12N2O2/c1-2-4-7-10(13)12-9(11-7)8-5-3-6-14-8/h3,5-7H,2,4H2,1H3,(H,11,12,13). The molecule has 74 valence electrons. The van der Waals surface area contributed by atoms with Crippen LogP contribution in [0.5, 0.6) is 0 Å². The molecule has 0 saturated carbocycles. The van der Waals surface area contributed by atoms with Crippen molar-refractivity contribution in [3.63, 3.8) is 0 Å². The molecule has 0 aromatic carbocycles. The number of furan rings is 1. The van der Waals surface area contributed by atoms with Crippen LogP contribution in [0.15, 0.2) is 27.8 Å². The molecular weight excluding hydrogens is 180 g/mol. The van der Waals surface area contributed by atoms with E-state index < -0.39 is 0 Å². The highest BCUT2D eigenvalue weighted by molar-refractivity contribution is 6.12. The van der Waals surface area contributed by atoms with Crippen LogP contribution in [0.2, 0.25) is 0 Å². The second-order valence-electron chi connectivity index (χ2n) is 3.25.